The maximum Gasteiger partial charge on any atom is 0.354 e. The zero-order valence-electron chi connectivity index (χ0n) is 11.1. The highest BCUT2D eigenvalue weighted by molar-refractivity contribution is 5.86. The van der Waals surface area contributed by atoms with Crippen LogP contribution in [0.1, 0.15) is 27.2 Å². The van der Waals surface area contributed by atoms with E-state index in [0.717, 1.165) is 16.8 Å². The first kappa shape index (κ1) is 13.0. The zero-order valence-corrected chi connectivity index (χ0v) is 11.1. The zero-order chi connectivity index (χ0) is 14.0. The van der Waals surface area contributed by atoms with Gasteiger partial charge < -0.3 is 10.4 Å². The van der Waals surface area contributed by atoms with Crippen LogP contribution < -0.4 is 5.32 Å². The molecular weight excluding hydrogens is 242 g/mol. The van der Waals surface area contributed by atoms with E-state index in [9.17, 15) is 4.79 Å². The summed E-state index contributed by atoms with van der Waals surface area (Å²) in [5.41, 5.74) is 4.29. The molecule has 0 radical (unpaired) electrons. The average Bonchev–Trinajstić information content (AvgIpc) is 2.34. The topological polar surface area (TPSA) is 75.1 Å². The second-order valence-electron chi connectivity index (χ2n) is 4.49. The van der Waals surface area contributed by atoms with Crippen molar-refractivity contribution in [1.82, 2.24) is 9.97 Å². The van der Waals surface area contributed by atoms with Crippen LogP contribution in [0.25, 0.3) is 0 Å². The molecule has 0 unspecified atom stereocenters. The largest absolute Gasteiger partial charge is 0.477 e. The van der Waals surface area contributed by atoms with Gasteiger partial charge in [0.05, 0.1) is 0 Å². The lowest BCUT2D eigenvalue weighted by Crippen LogP contribution is -2.04. The number of benzene rings is 1. The van der Waals surface area contributed by atoms with E-state index in [1.165, 1.54) is 18.0 Å². The molecule has 5 heteroatoms. The van der Waals surface area contributed by atoms with Crippen molar-refractivity contribution in [3.8, 4) is 0 Å². The molecule has 0 aliphatic rings. The molecule has 0 bridgehead atoms. The summed E-state index contributed by atoms with van der Waals surface area (Å²) in [5.74, 6) is -0.592. The lowest BCUT2D eigenvalue weighted by atomic mass is 10.1. The Morgan fingerprint density at radius 2 is 1.74 bits per heavy atom. The third-order valence-electron chi connectivity index (χ3n) is 2.82. The number of nitrogens with zero attached hydrogens (tertiary/aromatic N) is 2. The Kier molecular flexibility index (Phi) is 3.46. The number of aromatic nitrogens is 2. The minimum Gasteiger partial charge on any atom is -0.477 e. The SMILES string of the molecule is Cc1cc(C)c(Nc2cc(C(=O)O)ncn2)c(C)c1. The predicted octanol–water partition coefficient (Wildman–Crippen LogP) is 2.84. The van der Waals surface area contributed by atoms with Crippen molar-refractivity contribution in [1.29, 1.82) is 0 Å². The van der Waals surface area contributed by atoms with E-state index in [0.29, 0.717) is 5.82 Å². The molecule has 1 heterocycles. The lowest BCUT2D eigenvalue weighted by Gasteiger charge is -2.13. The third kappa shape index (κ3) is 2.88. The summed E-state index contributed by atoms with van der Waals surface area (Å²) in [6, 6.07) is 5.55. The monoisotopic (exact) mass is 257 g/mol. The fourth-order valence-corrected chi connectivity index (χ4v) is 2.05. The molecule has 0 aliphatic carbocycles. The maximum absolute atomic E-state index is 10.9. The van der Waals surface area contributed by atoms with Crippen molar-refractivity contribution in [3.05, 3.63) is 46.9 Å². The fourth-order valence-electron chi connectivity index (χ4n) is 2.05. The summed E-state index contributed by atoms with van der Waals surface area (Å²) < 4.78 is 0. The highest BCUT2D eigenvalue weighted by Crippen LogP contribution is 2.25. The molecule has 0 atom stereocenters. The van der Waals surface area contributed by atoms with E-state index in [-0.39, 0.29) is 5.69 Å². The second kappa shape index (κ2) is 5.06. The van der Waals surface area contributed by atoms with Crippen LogP contribution in [-0.4, -0.2) is 21.0 Å². The average molecular weight is 257 g/mol. The second-order valence-corrected chi connectivity index (χ2v) is 4.49. The van der Waals surface area contributed by atoms with E-state index >= 15 is 0 Å². The van der Waals surface area contributed by atoms with Gasteiger partial charge in [-0.1, -0.05) is 17.7 Å². The number of hydrogen-bond acceptors (Lipinski definition) is 4. The van der Waals surface area contributed by atoms with Gasteiger partial charge in [0, 0.05) is 11.8 Å². The smallest absolute Gasteiger partial charge is 0.354 e. The molecule has 1 aromatic heterocycles. The number of anilines is 2. The Balaban J connectivity index is 2.36. The van der Waals surface area contributed by atoms with Crippen LogP contribution in [0.2, 0.25) is 0 Å². The fraction of sp³-hybridized carbons (Fsp3) is 0.214. The molecule has 5 nitrogen and oxygen atoms in total. The Hall–Kier alpha value is -2.43. The normalized spacial score (nSPS) is 10.3. The molecule has 0 amide bonds. The van der Waals surface area contributed by atoms with Crippen LogP contribution in [0.15, 0.2) is 24.5 Å². The van der Waals surface area contributed by atoms with Crippen LogP contribution in [0.4, 0.5) is 11.5 Å². The molecule has 2 rings (SSSR count). The van der Waals surface area contributed by atoms with Gasteiger partial charge in [-0.05, 0) is 31.9 Å². The van der Waals surface area contributed by atoms with Gasteiger partial charge in [-0.3, -0.25) is 0 Å². The van der Waals surface area contributed by atoms with E-state index in [4.69, 9.17) is 5.11 Å². The Bertz CT molecular complexity index is 615. The molecule has 98 valence electrons. The van der Waals surface area contributed by atoms with Crippen molar-refractivity contribution in [2.24, 2.45) is 0 Å². The van der Waals surface area contributed by atoms with Gasteiger partial charge in [-0.2, -0.15) is 0 Å². The molecule has 0 saturated heterocycles. The van der Waals surface area contributed by atoms with Gasteiger partial charge in [0.2, 0.25) is 0 Å². The van der Waals surface area contributed by atoms with E-state index < -0.39 is 5.97 Å². The van der Waals surface area contributed by atoms with Crippen LogP contribution >= 0.6 is 0 Å². The van der Waals surface area contributed by atoms with Crippen molar-refractivity contribution < 1.29 is 9.90 Å². The summed E-state index contributed by atoms with van der Waals surface area (Å²) in [5, 5.41) is 12.1. The number of carboxylic acids is 1. The van der Waals surface area contributed by atoms with Gasteiger partial charge in [0.15, 0.2) is 5.69 Å². The molecule has 19 heavy (non-hydrogen) atoms. The molecule has 2 N–H and O–H groups in total. The number of carboxylic acid groups (broad SMARTS) is 1. The Labute approximate surface area is 111 Å². The third-order valence-corrected chi connectivity index (χ3v) is 2.82. The lowest BCUT2D eigenvalue weighted by molar-refractivity contribution is 0.0690. The van der Waals surface area contributed by atoms with Crippen molar-refractivity contribution >= 4 is 17.5 Å². The highest BCUT2D eigenvalue weighted by Gasteiger charge is 2.08. The minimum atomic E-state index is -1.07. The first-order valence-corrected chi connectivity index (χ1v) is 5.87. The number of aromatic carboxylic acids is 1. The standard InChI is InChI=1S/C14H15N3O2/c1-8-4-9(2)13(10(3)5-8)17-12-6-11(14(18)19)15-7-16-12/h4-7H,1-3H3,(H,18,19)(H,15,16,17). The summed E-state index contributed by atoms with van der Waals surface area (Å²) >= 11 is 0. The molecule has 0 fully saturated rings. The number of hydrogen-bond donors (Lipinski definition) is 2. The molecular formula is C14H15N3O2. The summed E-state index contributed by atoms with van der Waals surface area (Å²) in [4.78, 5) is 18.6. The van der Waals surface area contributed by atoms with Gasteiger partial charge in [-0.15, -0.1) is 0 Å². The van der Waals surface area contributed by atoms with Crippen LogP contribution in [0.3, 0.4) is 0 Å². The predicted molar refractivity (Wildman–Crippen MR) is 72.9 cm³/mol. The number of carbonyl (C=O) groups is 1. The number of rotatable bonds is 3. The van der Waals surface area contributed by atoms with Crippen molar-refractivity contribution in [2.45, 2.75) is 20.8 Å². The van der Waals surface area contributed by atoms with Gasteiger partial charge >= 0.3 is 5.97 Å². The highest BCUT2D eigenvalue weighted by atomic mass is 16.4. The quantitative estimate of drug-likeness (QED) is 0.884. The maximum atomic E-state index is 10.9. The molecule has 0 spiro atoms. The van der Waals surface area contributed by atoms with Crippen LogP contribution in [-0.2, 0) is 0 Å². The van der Waals surface area contributed by atoms with Crippen LogP contribution in [0, 0.1) is 20.8 Å². The summed E-state index contributed by atoms with van der Waals surface area (Å²) in [7, 11) is 0. The summed E-state index contributed by atoms with van der Waals surface area (Å²) in [6.07, 6.45) is 1.24. The van der Waals surface area contributed by atoms with Crippen LogP contribution in [0.5, 0.6) is 0 Å². The van der Waals surface area contributed by atoms with E-state index in [1.807, 2.05) is 20.8 Å². The number of nitrogens with one attached hydrogen (secondary N) is 1. The number of aryl methyl sites for hydroxylation is 3. The van der Waals surface area contributed by atoms with E-state index in [1.54, 1.807) is 0 Å². The Morgan fingerprint density at radius 1 is 1.11 bits per heavy atom. The van der Waals surface area contributed by atoms with Gasteiger partial charge in [0.25, 0.3) is 0 Å². The first-order valence-electron chi connectivity index (χ1n) is 5.87. The molecule has 2 aromatic rings. The van der Waals surface area contributed by atoms with E-state index in [2.05, 4.69) is 27.4 Å². The van der Waals surface area contributed by atoms with Crippen molar-refractivity contribution in [2.75, 3.05) is 5.32 Å². The van der Waals surface area contributed by atoms with Crippen molar-refractivity contribution in [3.63, 3.8) is 0 Å². The first-order chi connectivity index (χ1) is 8.97. The molecule has 0 saturated carbocycles. The Morgan fingerprint density at radius 3 is 2.32 bits per heavy atom. The minimum absolute atomic E-state index is 0.0279. The molecule has 0 aliphatic heterocycles. The van der Waals surface area contributed by atoms with Gasteiger partial charge in [-0.25, -0.2) is 14.8 Å². The summed E-state index contributed by atoms with van der Waals surface area (Å²) in [6.45, 7) is 6.04. The molecule has 1 aromatic carbocycles. The van der Waals surface area contributed by atoms with Gasteiger partial charge in [0.1, 0.15) is 12.1 Å².